The summed E-state index contributed by atoms with van der Waals surface area (Å²) >= 11 is -3.48. The summed E-state index contributed by atoms with van der Waals surface area (Å²) in [5, 5.41) is 0. The molecule has 0 saturated heterocycles. The second kappa shape index (κ2) is 7.24. The molecule has 1 aromatic carbocycles. The van der Waals surface area contributed by atoms with Crippen LogP contribution in [0.25, 0.3) is 0 Å². The van der Waals surface area contributed by atoms with Crippen molar-refractivity contribution in [3.8, 4) is 0 Å². The molecule has 0 N–H and O–H groups in total. The maximum absolute atomic E-state index is 2.63. The number of rotatable bonds is 6. The molecule has 0 aromatic heterocycles. The molecule has 4 heteroatoms. The SMILES string of the molecule is C[Si](C)(Cc1ccc(C[Si](C)(C)[Sn]([CH3])([CH3])[CH3])cc1)[Sn]([CH3])([CH3])[CH3]. The van der Waals surface area contributed by atoms with E-state index in [9.17, 15) is 0 Å². The van der Waals surface area contributed by atoms with Crippen molar-refractivity contribution in [2.75, 3.05) is 0 Å². The van der Waals surface area contributed by atoms with Gasteiger partial charge in [0.2, 0.25) is 0 Å². The van der Waals surface area contributed by atoms with E-state index in [1.54, 1.807) is 11.1 Å². The summed E-state index contributed by atoms with van der Waals surface area (Å²) in [6.07, 6.45) is 0. The first-order valence-electron chi connectivity index (χ1n) is 8.74. The van der Waals surface area contributed by atoms with Gasteiger partial charge in [0, 0.05) is 0 Å². The van der Waals surface area contributed by atoms with E-state index in [2.05, 4.69) is 80.1 Å². The normalized spacial score (nSPS) is 14.3. The van der Waals surface area contributed by atoms with Crippen LogP contribution < -0.4 is 0 Å². The molecule has 0 atom stereocenters. The Morgan fingerprint density at radius 2 is 0.818 bits per heavy atom. The van der Waals surface area contributed by atoms with Crippen molar-refractivity contribution >= 4 is 46.3 Å². The topological polar surface area (TPSA) is 0 Å². The van der Waals surface area contributed by atoms with Gasteiger partial charge in [-0.15, -0.1) is 0 Å². The van der Waals surface area contributed by atoms with E-state index >= 15 is 0 Å². The molecule has 0 aliphatic carbocycles. The van der Waals surface area contributed by atoms with Crippen molar-refractivity contribution < 1.29 is 0 Å². The molecule has 0 aliphatic heterocycles. The van der Waals surface area contributed by atoms with Crippen LogP contribution >= 0.6 is 0 Å². The molecule has 0 saturated carbocycles. The van der Waals surface area contributed by atoms with E-state index in [-0.39, 0.29) is 0 Å². The summed E-state index contributed by atoms with van der Waals surface area (Å²) < 4.78 is 0. The van der Waals surface area contributed by atoms with Crippen molar-refractivity contribution in [1.82, 2.24) is 0 Å². The monoisotopic (exact) mass is 550 g/mol. The van der Waals surface area contributed by atoms with Gasteiger partial charge in [0.15, 0.2) is 0 Å². The molecule has 0 spiro atoms. The van der Waals surface area contributed by atoms with Crippen molar-refractivity contribution in [1.29, 1.82) is 0 Å². The first-order chi connectivity index (χ1) is 9.66. The molecule has 0 amide bonds. The van der Waals surface area contributed by atoms with E-state index in [1.165, 1.54) is 12.1 Å². The standard InChI is InChI=1S/C12H20Si2.6CH3.2Sn/c1-13(2)9-11-5-7-12(8-6-11)10-14(3)4;;;;;;;;/h5-8H,9-10H2,1-4H3;6*1H3;;. The summed E-state index contributed by atoms with van der Waals surface area (Å²) in [7, 11) is 0. The van der Waals surface area contributed by atoms with E-state index in [4.69, 9.17) is 0 Å². The molecule has 126 valence electrons. The first-order valence-corrected chi connectivity index (χ1v) is 40.8. The summed E-state index contributed by atoms with van der Waals surface area (Å²) in [5.41, 5.74) is 1.18. The molecule has 0 unspecified atom stereocenters. The Bertz CT molecular complexity index is 444. The van der Waals surface area contributed by atoms with Gasteiger partial charge in [-0.25, -0.2) is 0 Å². The van der Waals surface area contributed by atoms with Crippen molar-refractivity contribution in [3.05, 3.63) is 35.4 Å². The van der Waals surface area contributed by atoms with Gasteiger partial charge in [-0.2, -0.15) is 0 Å². The molecule has 1 aromatic rings. The number of benzene rings is 1. The average Bonchev–Trinajstić information content (AvgIpc) is 2.28. The Morgan fingerprint density at radius 1 is 0.591 bits per heavy atom. The number of hydrogen-bond donors (Lipinski definition) is 0. The Morgan fingerprint density at radius 3 is 1.00 bits per heavy atom. The summed E-state index contributed by atoms with van der Waals surface area (Å²) in [6.45, 7) is 10.5. The third-order valence-electron chi connectivity index (χ3n) is 6.38. The van der Waals surface area contributed by atoms with Gasteiger partial charge in [0.1, 0.15) is 0 Å². The Kier molecular flexibility index (Phi) is 7.01. The van der Waals surface area contributed by atoms with Crippen molar-refractivity contribution in [3.63, 3.8) is 0 Å². The van der Waals surface area contributed by atoms with Gasteiger partial charge in [-0.05, 0) is 0 Å². The molecule has 0 bridgehead atoms. The van der Waals surface area contributed by atoms with E-state index in [0.717, 1.165) is 0 Å². The van der Waals surface area contributed by atoms with Gasteiger partial charge in [0.05, 0.1) is 0 Å². The second-order valence-corrected chi connectivity index (χ2v) is 87.7. The van der Waals surface area contributed by atoms with Crippen LogP contribution in [0.2, 0.25) is 55.8 Å². The van der Waals surface area contributed by atoms with Crippen LogP contribution in [0.15, 0.2) is 24.3 Å². The van der Waals surface area contributed by atoms with E-state index < -0.39 is 46.3 Å². The summed E-state index contributed by atoms with van der Waals surface area (Å²) in [6, 6.07) is 12.6. The third-order valence-corrected chi connectivity index (χ3v) is 89.6. The molecular weight excluding hydrogens is 510 g/mol. The predicted octanol–water partition coefficient (Wildman–Crippen LogP) is 6.10. The van der Waals surface area contributed by atoms with Crippen LogP contribution in [0.5, 0.6) is 0 Å². The van der Waals surface area contributed by atoms with Crippen LogP contribution in [-0.4, -0.2) is 46.3 Å². The maximum atomic E-state index is 2.63. The first kappa shape index (κ1) is 21.3. The minimum atomic E-state index is -1.74. The van der Waals surface area contributed by atoms with Crippen LogP contribution in [-0.2, 0) is 12.1 Å². The zero-order valence-corrected chi connectivity index (χ0v) is 24.4. The van der Waals surface area contributed by atoms with Crippen LogP contribution in [0.4, 0.5) is 0 Å². The molecule has 0 fully saturated rings. The quantitative estimate of drug-likeness (QED) is 0.378. The van der Waals surface area contributed by atoms with E-state index in [0.29, 0.717) is 0 Å². The molecule has 0 aliphatic rings. The zero-order valence-electron chi connectivity index (χ0n) is 16.7. The summed E-state index contributed by atoms with van der Waals surface area (Å²) in [5.74, 6) is 0. The van der Waals surface area contributed by atoms with Gasteiger partial charge >= 0.3 is 150 Å². The van der Waals surface area contributed by atoms with Crippen LogP contribution in [0, 0.1) is 0 Å². The zero-order chi connectivity index (χ0) is 17.4. The van der Waals surface area contributed by atoms with E-state index in [1.807, 2.05) is 0 Å². The number of hydrogen-bond acceptors (Lipinski definition) is 0. The Hall–Kier alpha value is 1.25. The Labute approximate surface area is 148 Å². The van der Waals surface area contributed by atoms with Crippen LogP contribution in [0.3, 0.4) is 0 Å². The van der Waals surface area contributed by atoms with Crippen LogP contribution in [0.1, 0.15) is 11.1 Å². The molecule has 0 nitrogen and oxygen atoms in total. The van der Waals surface area contributed by atoms with Gasteiger partial charge < -0.3 is 0 Å². The van der Waals surface area contributed by atoms with Gasteiger partial charge in [0.25, 0.3) is 0 Å². The molecule has 22 heavy (non-hydrogen) atoms. The average molecular weight is 548 g/mol. The minimum absolute atomic E-state index is 1.01. The second-order valence-electron chi connectivity index (χ2n) is 10.4. The Balaban J connectivity index is 2.85. The molecule has 0 heterocycles. The van der Waals surface area contributed by atoms with Gasteiger partial charge in [-0.3, -0.25) is 0 Å². The molecule has 1 rings (SSSR count). The van der Waals surface area contributed by atoms with Gasteiger partial charge in [-0.1, -0.05) is 0 Å². The molecular formula is C18H38Si2Sn2. The van der Waals surface area contributed by atoms with Crippen molar-refractivity contribution in [2.24, 2.45) is 0 Å². The predicted molar refractivity (Wildman–Crippen MR) is 116 cm³/mol. The van der Waals surface area contributed by atoms with Crippen molar-refractivity contribution in [2.45, 2.75) is 67.9 Å². The fraction of sp³-hybridized carbons (Fsp3) is 0.667. The fourth-order valence-electron chi connectivity index (χ4n) is 2.33. The fourth-order valence-corrected chi connectivity index (χ4v) is 18.5. The molecule has 0 radical (unpaired) electrons. The third kappa shape index (κ3) is 5.66. The summed E-state index contributed by atoms with van der Waals surface area (Å²) in [4.78, 5) is 15.7.